The molecule has 2 fully saturated rings. The summed E-state index contributed by atoms with van der Waals surface area (Å²) in [5.74, 6) is 0. The van der Waals surface area contributed by atoms with Gasteiger partial charge in [-0.05, 0) is 6.42 Å². The van der Waals surface area contributed by atoms with E-state index in [1.807, 2.05) is 0 Å². The van der Waals surface area contributed by atoms with E-state index in [-0.39, 0.29) is 18.3 Å². The van der Waals surface area contributed by atoms with Crippen molar-refractivity contribution in [3.05, 3.63) is 0 Å². The minimum atomic E-state index is 0.0671. The second-order valence-electron chi connectivity index (χ2n) is 3.06. The molecule has 2 saturated heterocycles. The zero-order chi connectivity index (χ0) is 8.39. The van der Waals surface area contributed by atoms with Crippen LogP contribution in [-0.2, 0) is 18.9 Å². The molecule has 0 aliphatic carbocycles. The Morgan fingerprint density at radius 1 is 1.17 bits per heavy atom. The summed E-state index contributed by atoms with van der Waals surface area (Å²) in [4.78, 5) is 0. The van der Waals surface area contributed by atoms with E-state index in [9.17, 15) is 0 Å². The molecule has 0 aromatic carbocycles. The van der Waals surface area contributed by atoms with Crippen molar-refractivity contribution in [3.8, 4) is 0 Å². The van der Waals surface area contributed by atoms with Gasteiger partial charge >= 0.3 is 0 Å². The van der Waals surface area contributed by atoms with Gasteiger partial charge in [0, 0.05) is 0 Å². The molecule has 0 spiro atoms. The fourth-order valence-electron chi connectivity index (χ4n) is 1.64. The highest BCUT2D eigenvalue weighted by molar-refractivity contribution is 4.82. The summed E-state index contributed by atoms with van der Waals surface area (Å²) in [7, 11) is 0. The Morgan fingerprint density at radius 3 is 2.92 bits per heavy atom. The van der Waals surface area contributed by atoms with Gasteiger partial charge in [0.05, 0.1) is 12.7 Å². The molecular weight excluding hydrogens is 160 g/mol. The Bertz CT molecular complexity index is 141. The fraction of sp³-hybridized carbons (Fsp3) is 1.00. The largest absolute Gasteiger partial charge is 0.353 e. The Labute approximate surface area is 71.7 Å². The molecule has 2 heterocycles. The van der Waals surface area contributed by atoms with E-state index in [0.717, 1.165) is 6.42 Å². The third-order valence-corrected chi connectivity index (χ3v) is 2.33. The summed E-state index contributed by atoms with van der Waals surface area (Å²) >= 11 is 0. The van der Waals surface area contributed by atoms with Gasteiger partial charge in [-0.15, -0.1) is 0 Å². The number of fused-ring (bicyclic) bond motifs is 1. The molecular formula is C8H14O4. The lowest BCUT2D eigenvalue weighted by molar-refractivity contribution is -0.301. The summed E-state index contributed by atoms with van der Waals surface area (Å²) in [5, 5.41) is 0. The first-order chi connectivity index (χ1) is 5.92. The highest BCUT2D eigenvalue weighted by Crippen LogP contribution is 2.22. The van der Waals surface area contributed by atoms with Gasteiger partial charge in [0.15, 0.2) is 0 Å². The van der Waals surface area contributed by atoms with Crippen molar-refractivity contribution in [1.29, 1.82) is 0 Å². The van der Waals surface area contributed by atoms with Crippen molar-refractivity contribution < 1.29 is 18.9 Å². The minimum absolute atomic E-state index is 0.0671. The first-order valence-corrected chi connectivity index (χ1v) is 4.34. The molecule has 0 aromatic heterocycles. The number of hydrogen-bond donors (Lipinski definition) is 0. The monoisotopic (exact) mass is 174 g/mol. The van der Waals surface area contributed by atoms with E-state index in [2.05, 4.69) is 6.92 Å². The second kappa shape index (κ2) is 3.70. The Kier molecular flexibility index (Phi) is 2.60. The van der Waals surface area contributed by atoms with E-state index in [1.165, 1.54) is 0 Å². The zero-order valence-electron chi connectivity index (χ0n) is 7.19. The molecule has 2 aliphatic rings. The lowest BCUT2D eigenvalue weighted by Gasteiger charge is -2.39. The van der Waals surface area contributed by atoms with Crippen LogP contribution in [0.4, 0.5) is 0 Å². The van der Waals surface area contributed by atoms with Gasteiger partial charge in [-0.1, -0.05) is 6.92 Å². The van der Waals surface area contributed by atoms with Crippen LogP contribution in [0.15, 0.2) is 0 Å². The van der Waals surface area contributed by atoms with Crippen molar-refractivity contribution in [1.82, 2.24) is 0 Å². The van der Waals surface area contributed by atoms with E-state index in [1.54, 1.807) is 0 Å². The highest BCUT2D eigenvalue weighted by atomic mass is 16.7. The van der Waals surface area contributed by atoms with Crippen molar-refractivity contribution in [2.24, 2.45) is 0 Å². The average molecular weight is 174 g/mol. The van der Waals surface area contributed by atoms with Crippen molar-refractivity contribution in [2.75, 3.05) is 20.2 Å². The van der Waals surface area contributed by atoms with Gasteiger partial charge in [0.1, 0.15) is 25.8 Å². The van der Waals surface area contributed by atoms with E-state index < -0.39 is 0 Å². The number of hydrogen-bond acceptors (Lipinski definition) is 4. The Morgan fingerprint density at radius 2 is 2.08 bits per heavy atom. The summed E-state index contributed by atoms with van der Waals surface area (Å²) in [6.07, 6.45) is 1.27. The van der Waals surface area contributed by atoms with Crippen molar-refractivity contribution >= 4 is 0 Å². The molecule has 2 aliphatic heterocycles. The van der Waals surface area contributed by atoms with E-state index >= 15 is 0 Å². The van der Waals surface area contributed by atoms with Gasteiger partial charge in [-0.3, -0.25) is 0 Å². The standard InChI is InChI=1S/C8H14O4/c1-2-6-8-7(11-5-10-6)3-9-4-12-8/h6-8H,2-5H2,1H3/t6-,7?,8?/m1/s1. The molecule has 12 heavy (non-hydrogen) atoms. The SMILES string of the molecule is CC[C@H]1OCOC2COCOC21. The predicted octanol–water partition coefficient (Wildman–Crippen LogP) is 0.511. The van der Waals surface area contributed by atoms with Crippen LogP contribution in [0.1, 0.15) is 13.3 Å². The van der Waals surface area contributed by atoms with Crippen molar-refractivity contribution in [3.63, 3.8) is 0 Å². The maximum atomic E-state index is 5.41. The first-order valence-electron chi connectivity index (χ1n) is 4.34. The molecule has 0 aromatic rings. The summed E-state index contributed by atoms with van der Waals surface area (Å²) in [5.41, 5.74) is 0. The smallest absolute Gasteiger partial charge is 0.147 e. The van der Waals surface area contributed by atoms with Gasteiger partial charge in [-0.25, -0.2) is 0 Å². The van der Waals surface area contributed by atoms with E-state index in [4.69, 9.17) is 18.9 Å². The fourth-order valence-corrected chi connectivity index (χ4v) is 1.64. The lowest BCUT2D eigenvalue weighted by atomic mass is 10.0. The van der Waals surface area contributed by atoms with Gasteiger partial charge in [-0.2, -0.15) is 0 Å². The van der Waals surface area contributed by atoms with Crippen LogP contribution in [0.3, 0.4) is 0 Å². The maximum absolute atomic E-state index is 5.41. The van der Waals surface area contributed by atoms with Gasteiger partial charge in [0.25, 0.3) is 0 Å². The Balaban J connectivity index is 1.99. The van der Waals surface area contributed by atoms with Crippen LogP contribution in [0, 0.1) is 0 Å². The first kappa shape index (κ1) is 8.44. The maximum Gasteiger partial charge on any atom is 0.147 e. The molecule has 3 atom stereocenters. The van der Waals surface area contributed by atoms with Crippen LogP contribution < -0.4 is 0 Å². The van der Waals surface area contributed by atoms with E-state index in [0.29, 0.717) is 20.2 Å². The second-order valence-corrected chi connectivity index (χ2v) is 3.06. The molecule has 4 nitrogen and oxygen atoms in total. The summed E-state index contributed by atoms with van der Waals surface area (Å²) in [6.45, 7) is 3.45. The summed E-state index contributed by atoms with van der Waals surface area (Å²) in [6, 6.07) is 0. The zero-order valence-corrected chi connectivity index (χ0v) is 7.19. The van der Waals surface area contributed by atoms with Crippen LogP contribution in [0.2, 0.25) is 0 Å². The predicted molar refractivity (Wildman–Crippen MR) is 40.6 cm³/mol. The molecule has 2 rings (SSSR count). The molecule has 0 bridgehead atoms. The topological polar surface area (TPSA) is 36.9 Å². The third kappa shape index (κ3) is 1.47. The summed E-state index contributed by atoms with van der Waals surface area (Å²) < 4.78 is 21.3. The van der Waals surface area contributed by atoms with Crippen LogP contribution in [0.5, 0.6) is 0 Å². The molecule has 2 unspecified atom stereocenters. The quantitative estimate of drug-likeness (QED) is 0.580. The minimum Gasteiger partial charge on any atom is -0.353 e. The molecule has 0 amide bonds. The Hall–Kier alpha value is -0.160. The number of ether oxygens (including phenoxy) is 4. The van der Waals surface area contributed by atoms with Crippen LogP contribution in [-0.4, -0.2) is 38.5 Å². The molecule has 70 valence electrons. The highest BCUT2D eigenvalue weighted by Gasteiger charge is 2.37. The third-order valence-electron chi connectivity index (χ3n) is 2.33. The number of rotatable bonds is 1. The molecule has 0 saturated carbocycles. The normalized spacial score (nSPS) is 42.2. The van der Waals surface area contributed by atoms with Gasteiger partial charge < -0.3 is 18.9 Å². The molecule has 4 heteroatoms. The van der Waals surface area contributed by atoms with Crippen LogP contribution >= 0.6 is 0 Å². The average Bonchev–Trinajstić information content (AvgIpc) is 2.17. The van der Waals surface area contributed by atoms with Gasteiger partial charge in [0.2, 0.25) is 0 Å². The molecule has 0 radical (unpaired) electrons. The van der Waals surface area contributed by atoms with Crippen LogP contribution in [0.25, 0.3) is 0 Å². The lowest BCUT2D eigenvalue weighted by Crippen LogP contribution is -2.52. The molecule has 0 N–H and O–H groups in total. The van der Waals surface area contributed by atoms with Crippen molar-refractivity contribution in [2.45, 2.75) is 31.7 Å².